The summed E-state index contributed by atoms with van der Waals surface area (Å²) in [6.45, 7) is 1.13. The first-order valence-electron chi connectivity index (χ1n) is 8.92. The molecule has 1 atom stereocenters. The smallest absolute Gasteiger partial charge is 0.321 e. The summed E-state index contributed by atoms with van der Waals surface area (Å²) in [4.78, 5) is 25.8. The van der Waals surface area contributed by atoms with Crippen molar-refractivity contribution in [1.29, 1.82) is 0 Å². The van der Waals surface area contributed by atoms with E-state index in [2.05, 4.69) is 10.6 Å². The van der Waals surface area contributed by atoms with Gasteiger partial charge in [0.05, 0.1) is 14.2 Å². The van der Waals surface area contributed by atoms with Gasteiger partial charge in [0, 0.05) is 42.9 Å². The molecule has 3 amide bonds. The van der Waals surface area contributed by atoms with Gasteiger partial charge in [-0.05, 0) is 29.3 Å². The molecule has 0 unspecified atom stereocenters. The summed E-state index contributed by atoms with van der Waals surface area (Å²) in [5.74, 6) is -0.456. The molecule has 0 saturated carbocycles. The van der Waals surface area contributed by atoms with Crippen LogP contribution in [-0.2, 0) is 4.79 Å². The van der Waals surface area contributed by atoms with Crippen molar-refractivity contribution in [3.05, 3.63) is 47.3 Å². The normalized spacial score (nSPS) is 18.4. The molecule has 7 nitrogen and oxygen atoms in total. The number of benzene rings is 2. The van der Waals surface area contributed by atoms with E-state index in [1.54, 1.807) is 17.0 Å². The maximum absolute atomic E-state index is 14.8. The zero-order valence-corrected chi connectivity index (χ0v) is 15.5. The number of rotatable bonds is 4. The van der Waals surface area contributed by atoms with E-state index >= 15 is 0 Å². The minimum Gasteiger partial charge on any atom is -0.493 e. The Bertz CT molecular complexity index is 963. The minimum absolute atomic E-state index is 0.114. The van der Waals surface area contributed by atoms with Crippen LogP contribution in [0.1, 0.15) is 23.5 Å². The number of hydrogen-bond acceptors (Lipinski definition) is 4. The van der Waals surface area contributed by atoms with Crippen molar-refractivity contribution in [2.75, 3.05) is 37.5 Å². The summed E-state index contributed by atoms with van der Waals surface area (Å²) in [6.07, 6.45) is 0.114. The number of methoxy groups -OCH3 is 2. The number of amides is 3. The largest absolute Gasteiger partial charge is 0.493 e. The summed E-state index contributed by atoms with van der Waals surface area (Å²) in [7, 11) is 2.92. The van der Waals surface area contributed by atoms with Gasteiger partial charge in [-0.2, -0.15) is 0 Å². The Morgan fingerprint density at radius 3 is 2.50 bits per heavy atom. The maximum Gasteiger partial charge on any atom is 0.321 e. The van der Waals surface area contributed by atoms with E-state index in [-0.39, 0.29) is 18.4 Å². The van der Waals surface area contributed by atoms with Gasteiger partial charge in [0.2, 0.25) is 5.91 Å². The maximum atomic E-state index is 14.8. The van der Waals surface area contributed by atoms with Crippen LogP contribution >= 0.6 is 0 Å². The molecule has 1 saturated heterocycles. The lowest BCUT2D eigenvalue weighted by Gasteiger charge is -2.28. The summed E-state index contributed by atoms with van der Waals surface area (Å²) in [5.41, 5.74) is 2.41. The molecule has 0 radical (unpaired) electrons. The molecule has 2 aromatic carbocycles. The van der Waals surface area contributed by atoms with Crippen molar-refractivity contribution in [3.8, 4) is 11.5 Å². The van der Waals surface area contributed by atoms with Gasteiger partial charge in [-0.25, -0.2) is 9.18 Å². The number of anilines is 2. The fourth-order valence-electron chi connectivity index (χ4n) is 3.75. The highest BCUT2D eigenvalue weighted by Crippen LogP contribution is 2.42. The van der Waals surface area contributed by atoms with Gasteiger partial charge < -0.3 is 20.1 Å². The van der Waals surface area contributed by atoms with E-state index in [1.807, 2.05) is 12.1 Å². The van der Waals surface area contributed by atoms with Crippen molar-refractivity contribution in [2.24, 2.45) is 0 Å². The molecule has 2 N–H and O–H groups in total. The molecular weight excluding hydrogens is 365 g/mol. The third-order valence-electron chi connectivity index (χ3n) is 5.12. The second kappa shape index (κ2) is 7.03. The quantitative estimate of drug-likeness (QED) is 0.848. The van der Waals surface area contributed by atoms with Crippen LogP contribution in [0, 0.1) is 5.82 Å². The lowest BCUT2D eigenvalue weighted by molar-refractivity contribution is -0.116. The van der Waals surface area contributed by atoms with Crippen molar-refractivity contribution >= 4 is 23.3 Å². The van der Waals surface area contributed by atoms with Crippen LogP contribution < -0.4 is 25.0 Å². The zero-order chi connectivity index (χ0) is 19.8. The third kappa shape index (κ3) is 3.00. The second-order valence-electron chi connectivity index (χ2n) is 6.69. The number of nitrogens with one attached hydrogen (secondary N) is 2. The van der Waals surface area contributed by atoms with E-state index in [9.17, 15) is 14.0 Å². The average Bonchev–Trinajstić information content (AvgIpc) is 3.12. The van der Waals surface area contributed by atoms with Crippen molar-refractivity contribution in [1.82, 2.24) is 5.32 Å². The molecule has 1 fully saturated rings. The van der Waals surface area contributed by atoms with Gasteiger partial charge in [0.1, 0.15) is 5.82 Å². The molecule has 0 spiro atoms. The molecule has 28 heavy (non-hydrogen) atoms. The minimum atomic E-state index is -0.468. The Morgan fingerprint density at radius 2 is 1.82 bits per heavy atom. The Balaban J connectivity index is 1.77. The van der Waals surface area contributed by atoms with Gasteiger partial charge in [-0.3, -0.25) is 9.69 Å². The van der Waals surface area contributed by atoms with Gasteiger partial charge in [0.25, 0.3) is 0 Å². The monoisotopic (exact) mass is 385 g/mol. The van der Waals surface area contributed by atoms with E-state index in [1.165, 1.54) is 20.3 Å². The first-order valence-corrected chi connectivity index (χ1v) is 8.92. The van der Waals surface area contributed by atoms with E-state index < -0.39 is 11.7 Å². The first-order chi connectivity index (χ1) is 13.5. The van der Waals surface area contributed by atoms with Crippen LogP contribution in [0.5, 0.6) is 11.5 Å². The highest BCUT2D eigenvalue weighted by molar-refractivity contribution is 5.98. The van der Waals surface area contributed by atoms with Gasteiger partial charge in [-0.1, -0.05) is 6.07 Å². The number of ether oxygens (including phenoxy) is 2. The Hall–Kier alpha value is -3.29. The number of fused-ring (bicyclic) bond motifs is 1. The lowest BCUT2D eigenvalue weighted by atomic mass is 9.84. The molecule has 0 aromatic heterocycles. The third-order valence-corrected chi connectivity index (χ3v) is 5.12. The number of nitrogens with zero attached hydrogens (tertiary/aromatic N) is 1. The standard InChI is InChI=1S/C20H20FN3O4/c1-27-17-8-14(15(21)10-18(17)28-2)13-9-19(25)23-16-7-11(3-4-12(13)16)24-6-5-22-20(24)26/h3-4,7-8,10,13H,5-6,9H2,1-2H3,(H,22,26)(H,23,25)/t13-/m1/s1. The molecule has 2 aromatic rings. The topological polar surface area (TPSA) is 79.9 Å². The summed E-state index contributed by atoms with van der Waals surface area (Å²) in [5, 5.41) is 5.58. The molecule has 2 aliphatic rings. The highest BCUT2D eigenvalue weighted by Gasteiger charge is 2.31. The number of carbonyl (C=O) groups excluding carboxylic acids is 2. The average molecular weight is 385 g/mol. The number of urea groups is 1. The summed E-state index contributed by atoms with van der Waals surface area (Å²) >= 11 is 0. The Morgan fingerprint density at radius 1 is 1.07 bits per heavy atom. The zero-order valence-electron chi connectivity index (χ0n) is 15.5. The van der Waals surface area contributed by atoms with Crippen LogP contribution in [0.4, 0.5) is 20.6 Å². The van der Waals surface area contributed by atoms with Crippen molar-refractivity contribution < 1.29 is 23.5 Å². The van der Waals surface area contributed by atoms with Crippen molar-refractivity contribution in [2.45, 2.75) is 12.3 Å². The molecular formula is C20H20FN3O4. The predicted octanol–water partition coefficient (Wildman–Crippen LogP) is 2.85. The van der Waals surface area contributed by atoms with E-state index in [0.29, 0.717) is 41.5 Å². The van der Waals surface area contributed by atoms with E-state index in [0.717, 1.165) is 5.56 Å². The van der Waals surface area contributed by atoms with E-state index in [4.69, 9.17) is 9.47 Å². The predicted molar refractivity (Wildman–Crippen MR) is 102 cm³/mol. The summed E-state index contributed by atoms with van der Waals surface area (Å²) < 4.78 is 25.2. The molecule has 0 aliphatic carbocycles. The molecule has 146 valence electrons. The highest BCUT2D eigenvalue weighted by atomic mass is 19.1. The van der Waals surface area contributed by atoms with Crippen LogP contribution in [-0.4, -0.2) is 39.2 Å². The fourth-order valence-corrected chi connectivity index (χ4v) is 3.75. The van der Waals surface area contributed by atoms with Crippen LogP contribution in [0.25, 0.3) is 0 Å². The number of halogens is 1. The van der Waals surface area contributed by atoms with Crippen LogP contribution in [0.2, 0.25) is 0 Å². The molecule has 2 aliphatic heterocycles. The lowest BCUT2D eigenvalue weighted by Crippen LogP contribution is -2.29. The molecule has 0 bridgehead atoms. The van der Waals surface area contributed by atoms with Gasteiger partial charge in [-0.15, -0.1) is 0 Å². The molecule has 4 rings (SSSR count). The van der Waals surface area contributed by atoms with Crippen LogP contribution in [0.3, 0.4) is 0 Å². The Labute approximate surface area is 161 Å². The first kappa shape index (κ1) is 18.1. The second-order valence-corrected chi connectivity index (χ2v) is 6.69. The Kier molecular flexibility index (Phi) is 4.54. The van der Waals surface area contributed by atoms with Crippen LogP contribution in [0.15, 0.2) is 30.3 Å². The van der Waals surface area contributed by atoms with Crippen molar-refractivity contribution in [3.63, 3.8) is 0 Å². The number of carbonyl (C=O) groups is 2. The van der Waals surface area contributed by atoms with Gasteiger partial charge in [0.15, 0.2) is 11.5 Å². The SMILES string of the molecule is COc1cc(F)c([C@@H]2CC(=O)Nc3cc(N4CCNC4=O)ccc32)cc1OC. The molecule has 8 heteroatoms. The summed E-state index contributed by atoms with van der Waals surface area (Å²) in [6, 6.07) is 8.06. The van der Waals surface area contributed by atoms with Gasteiger partial charge >= 0.3 is 6.03 Å². The molecule has 2 heterocycles. The number of hydrogen-bond donors (Lipinski definition) is 2. The fraction of sp³-hybridized carbons (Fsp3) is 0.300.